The summed E-state index contributed by atoms with van der Waals surface area (Å²) in [5, 5.41) is 4.91. The largest absolute Gasteiger partial charge is 0.311 e. The molecule has 0 amide bonds. The van der Waals surface area contributed by atoms with E-state index in [1.165, 1.54) is 127 Å². The van der Waals surface area contributed by atoms with Crippen molar-refractivity contribution in [2.24, 2.45) is 0 Å². The molecular formula is C94H83BN4. The minimum atomic E-state index is -0.180. The second-order valence-electron chi connectivity index (χ2n) is 31.8. The van der Waals surface area contributed by atoms with E-state index in [9.17, 15) is 0 Å². The van der Waals surface area contributed by atoms with E-state index >= 15 is 0 Å². The summed E-state index contributed by atoms with van der Waals surface area (Å²) in [6.45, 7) is 28.0. The number of hydrogen-bond acceptors (Lipinski definition) is 2. The molecule has 0 spiro atoms. The van der Waals surface area contributed by atoms with E-state index in [-0.39, 0.29) is 28.4 Å². The van der Waals surface area contributed by atoms with Gasteiger partial charge in [0.05, 0.1) is 33.4 Å². The average Bonchev–Trinajstić information content (AvgIpc) is 1.03. The van der Waals surface area contributed by atoms with E-state index in [0.717, 1.165) is 45.5 Å². The molecule has 17 rings (SSSR count). The van der Waals surface area contributed by atoms with E-state index in [2.05, 4.69) is 387 Å². The predicted octanol–water partition coefficient (Wildman–Crippen LogP) is 23.8. The van der Waals surface area contributed by atoms with Crippen LogP contribution in [0.5, 0.6) is 0 Å². The quantitative estimate of drug-likeness (QED) is 0.141. The summed E-state index contributed by atoms with van der Waals surface area (Å²) in [5.41, 5.74) is 32.0. The van der Waals surface area contributed by atoms with Crippen LogP contribution in [-0.4, -0.2) is 15.8 Å². The van der Waals surface area contributed by atoms with Gasteiger partial charge in [-0.2, -0.15) is 0 Å². The van der Waals surface area contributed by atoms with Gasteiger partial charge in [0.25, 0.3) is 6.71 Å². The topological polar surface area (TPSA) is 16.3 Å². The zero-order chi connectivity index (χ0) is 68.0. The van der Waals surface area contributed by atoms with Gasteiger partial charge in [-0.05, 0) is 143 Å². The molecule has 5 heteroatoms. The van der Waals surface area contributed by atoms with E-state index in [0.29, 0.717) is 0 Å². The molecule has 0 saturated heterocycles. The monoisotopic (exact) mass is 1280 g/mol. The van der Waals surface area contributed by atoms with Crippen LogP contribution < -0.4 is 26.2 Å². The maximum Gasteiger partial charge on any atom is 0.252 e. The van der Waals surface area contributed by atoms with Crippen molar-refractivity contribution in [3.63, 3.8) is 0 Å². The average molecular weight is 1280 g/mol. The third-order valence-electron chi connectivity index (χ3n) is 21.3. The Hall–Kier alpha value is -10.9. The Kier molecular flexibility index (Phi) is 14.2. The number of para-hydroxylation sites is 6. The van der Waals surface area contributed by atoms with Crippen LogP contribution in [0.2, 0.25) is 0 Å². The first-order chi connectivity index (χ1) is 47.7. The molecule has 0 saturated carbocycles. The molecule has 482 valence electrons. The Morgan fingerprint density at radius 2 is 0.566 bits per heavy atom. The minimum absolute atomic E-state index is 0.0919. The van der Waals surface area contributed by atoms with Gasteiger partial charge in [0.15, 0.2) is 0 Å². The number of aromatic nitrogens is 2. The van der Waals surface area contributed by atoms with Crippen molar-refractivity contribution in [3.8, 4) is 55.9 Å². The standard InChI is InChI=1S/C94H83BN4/c1-91(2,3)64-52-62(53-65(56-64)92(4,5)6)70-34-19-23-42-80(70)98-84-46-29-47-85-88(84)95(78-50-48-68(58-86(78)98)96-82-44-25-21-36-74(82)76-40-27-38-72(89(76)96)60-30-15-13-16-31-60)79-51-49-69(97-83-45-26-22-37-75(83)77-41-28-39-73(90(77)97)61-32-17-14-18-33-61)59-87(79)99(85)81-43-24-20-35-71(81)63-54-66(93(7,8)9)57-67(55-63)94(10,11)12/h13-59H,1-12H3. The fourth-order valence-corrected chi connectivity index (χ4v) is 16.1. The Morgan fingerprint density at radius 1 is 0.242 bits per heavy atom. The smallest absolute Gasteiger partial charge is 0.252 e. The van der Waals surface area contributed by atoms with Gasteiger partial charge in [0.2, 0.25) is 0 Å². The van der Waals surface area contributed by atoms with Crippen LogP contribution in [0, 0.1) is 0 Å². The van der Waals surface area contributed by atoms with Crippen molar-refractivity contribution >= 4 is 101 Å². The molecule has 0 radical (unpaired) electrons. The van der Waals surface area contributed by atoms with Gasteiger partial charge in [0.1, 0.15) is 0 Å². The lowest BCUT2D eigenvalue weighted by Gasteiger charge is -2.45. The van der Waals surface area contributed by atoms with E-state index in [1.807, 2.05) is 0 Å². The molecule has 0 aliphatic carbocycles. The molecule has 2 aromatic heterocycles. The summed E-state index contributed by atoms with van der Waals surface area (Å²) >= 11 is 0. The summed E-state index contributed by atoms with van der Waals surface area (Å²) < 4.78 is 5.08. The summed E-state index contributed by atoms with van der Waals surface area (Å²) in [4.78, 5) is 5.29. The van der Waals surface area contributed by atoms with E-state index < -0.39 is 0 Å². The van der Waals surface area contributed by atoms with Gasteiger partial charge in [-0.3, -0.25) is 0 Å². The Labute approximate surface area is 584 Å². The van der Waals surface area contributed by atoms with Gasteiger partial charge in [-0.25, -0.2) is 0 Å². The third kappa shape index (κ3) is 10.2. The number of benzene rings is 13. The SMILES string of the molecule is CC(C)(C)c1cc(-c2ccccc2N2c3cc(-n4c5ccccc5c5cccc(-c6ccccc6)c54)ccc3B3c4ccc(-n5c6ccccc6c6cccc(-c7ccccc7)c65)cc4N(c4ccccc4-c4cc(C(C)(C)C)cc(C(C)(C)C)c4)c4cccc2c43)cc(C(C)(C)C)c1. The van der Waals surface area contributed by atoms with Crippen molar-refractivity contribution in [2.45, 2.75) is 105 Å². The maximum absolute atomic E-state index is 2.64. The van der Waals surface area contributed by atoms with Crippen LogP contribution >= 0.6 is 0 Å². The maximum atomic E-state index is 2.64. The number of fused-ring (bicyclic) bond motifs is 10. The Morgan fingerprint density at radius 3 is 0.960 bits per heavy atom. The first-order valence-corrected chi connectivity index (χ1v) is 35.4. The first-order valence-electron chi connectivity index (χ1n) is 35.4. The van der Waals surface area contributed by atoms with Crippen molar-refractivity contribution in [2.75, 3.05) is 9.80 Å². The second kappa shape index (κ2) is 22.9. The highest BCUT2D eigenvalue weighted by Gasteiger charge is 2.45. The van der Waals surface area contributed by atoms with Gasteiger partial charge in [-0.1, -0.05) is 308 Å². The van der Waals surface area contributed by atoms with Crippen LogP contribution in [0.1, 0.15) is 105 Å². The van der Waals surface area contributed by atoms with Crippen LogP contribution in [0.15, 0.2) is 285 Å². The summed E-state index contributed by atoms with van der Waals surface area (Å²) in [6, 6.07) is 109. The second-order valence-corrected chi connectivity index (χ2v) is 31.8. The molecule has 0 fully saturated rings. The van der Waals surface area contributed by atoms with E-state index in [1.54, 1.807) is 0 Å². The zero-order valence-electron chi connectivity index (χ0n) is 59.0. The zero-order valence-corrected chi connectivity index (χ0v) is 59.0. The first kappa shape index (κ1) is 61.7. The highest BCUT2D eigenvalue weighted by Crippen LogP contribution is 2.51. The molecule has 99 heavy (non-hydrogen) atoms. The molecule has 13 aromatic carbocycles. The summed E-state index contributed by atoms with van der Waals surface area (Å²) in [7, 11) is 0. The van der Waals surface area contributed by atoms with Crippen LogP contribution in [0.4, 0.5) is 34.1 Å². The van der Waals surface area contributed by atoms with Crippen molar-refractivity contribution in [1.82, 2.24) is 9.13 Å². The molecule has 4 nitrogen and oxygen atoms in total. The van der Waals surface area contributed by atoms with Gasteiger partial charge >= 0.3 is 0 Å². The highest BCUT2D eigenvalue weighted by molar-refractivity contribution is 7.00. The van der Waals surface area contributed by atoms with Gasteiger partial charge < -0.3 is 18.9 Å². The summed E-state index contributed by atoms with van der Waals surface area (Å²) in [5.74, 6) is 0. The fraction of sp³-hybridized carbons (Fsp3) is 0.170. The number of nitrogens with zero attached hydrogens (tertiary/aromatic N) is 4. The fourth-order valence-electron chi connectivity index (χ4n) is 16.1. The molecule has 2 aliphatic heterocycles. The van der Waals surface area contributed by atoms with Crippen molar-refractivity contribution in [3.05, 3.63) is 307 Å². The lowest BCUT2D eigenvalue weighted by atomic mass is 9.33. The number of rotatable bonds is 8. The third-order valence-corrected chi connectivity index (χ3v) is 21.3. The van der Waals surface area contributed by atoms with Crippen LogP contribution in [-0.2, 0) is 21.7 Å². The molecule has 0 N–H and O–H groups in total. The number of anilines is 6. The lowest BCUT2D eigenvalue weighted by molar-refractivity contribution is 0.568. The molecule has 0 bridgehead atoms. The Balaban J connectivity index is 0.986. The molecule has 2 aliphatic rings. The summed E-state index contributed by atoms with van der Waals surface area (Å²) in [6.07, 6.45) is 0. The molecule has 4 heterocycles. The van der Waals surface area contributed by atoms with Crippen LogP contribution in [0.3, 0.4) is 0 Å². The van der Waals surface area contributed by atoms with Crippen LogP contribution in [0.25, 0.3) is 99.5 Å². The molecule has 0 unspecified atom stereocenters. The Bertz CT molecular complexity index is 5320. The normalized spacial score (nSPS) is 13.2. The van der Waals surface area contributed by atoms with E-state index in [4.69, 9.17) is 0 Å². The van der Waals surface area contributed by atoms with Gasteiger partial charge in [0, 0.05) is 77.9 Å². The number of hydrogen-bond donors (Lipinski definition) is 0. The molecular weight excluding hydrogens is 1200 g/mol. The minimum Gasteiger partial charge on any atom is -0.311 e. The van der Waals surface area contributed by atoms with Crippen molar-refractivity contribution in [1.29, 1.82) is 0 Å². The van der Waals surface area contributed by atoms with Gasteiger partial charge in [-0.15, -0.1) is 0 Å². The highest BCUT2D eigenvalue weighted by atomic mass is 15.2. The predicted molar refractivity (Wildman–Crippen MR) is 426 cm³/mol. The molecule has 15 aromatic rings. The van der Waals surface area contributed by atoms with Crippen molar-refractivity contribution < 1.29 is 0 Å². The molecule has 0 atom stereocenters. The lowest BCUT2D eigenvalue weighted by Crippen LogP contribution is -2.61.